The number of hydrogen-bond acceptors (Lipinski definition) is 16. The number of carbonyl (C=O) groups is 11. The Bertz CT molecular complexity index is 2620. The fourth-order valence-electron chi connectivity index (χ4n) is 9.65. The average Bonchev–Trinajstić information content (AvgIpc) is 3.44. The zero-order valence-electron chi connectivity index (χ0n) is 44.6. The van der Waals surface area contributed by atoms with Gasteiger partial charge in [0.15, 0.2) is 0 Å². The van der Waals surface area contributed by atoms with Gasteiger partial charge >= 0.3 is 35.9 Å². The number of nitrogens with zero attached hydrogens (tertiary/aromatic N) is 4. The van der Waals surface area contributed by atoms with Crippen LogP contribution in [0.1, 0.15) is 38.2 Å². The molecule has 436 valence electrons. The molecule has 0 aromatic heterocycles. The van der Waals surface area contributed by atoms with Gasteiger partial charge in [-0.05, 0) is 71.7 Å². The van der Waals surface area contributed by atoms with E-state index in [2.05, 4.69) is 31.9 Å². The van der Waals surface area contributed by atoms with Crippen LogP contribution < -0.4 is 31.9 Å². The lowest BCUT2D eigenvalue weighted by Gasteiger charge is -2.33. The van der Waals surface area contributed by atoms with Crippen molar-refractivity contribution in [3.05, 3.63) is 60.2 Å². The van der Waals surface area contributed by atoms with Crippen LogP contribution in [0.3, 0.4) is 0 Å². The predicted octanol–water partition coefficient (Wildman–Crippen LogP) is -0.822. The van der Waals surface area contributed by atoms with E-state index in [-0.39, 0.29) is 68.4 Å². The Balaban J connectivity index is 1.19. The summed E-state index contributed by atoms with van der Waals surface area (Å²) in [4.78, 5) is 145. The topological polar surface area (TPSA) is 374 Å². The molecule has 0 radical (unpaired) electrons. The normalized spacial score (nSPS) is 18.2. The van der Waals surface area contributed by atoms with E-state index in [1.807, 2.05) is 64.4 Å². The Morgan fingerprint density at radius 3 is 1.56 bits per heavy atom. The van der Waals surface area contributed by atoms with Crippen LogP contribution in [0.15, 0.2) is 54.6 Å². The number of Topliss-reactive ketones (excluding diaryl/α,β-unsaturated/α-hetero) is 1. The van der Waals surface area contributed by atoms with Gasteiger partial charge in [-0.3, -0.25) is 58.0 Å². The number of carboxylic acids is 5. The van der Waals surface area contributed by atoms with E-state index in [1.165, 1.54) is 6.92 Å². The van der Waals surface area contributed by atoms with E-state index in [0.717, 1.165) is 38.9 Å². The molecule has 5 rings (SSSR count). The molecule has 2 fully saturated rings. The number of nitrogens with one attached hydrogen (secondary N) is 6. The van der Waals surface area contributed by atoms with Crippen LogP contribution in [0.2, 0.25) is 0 Å². The number of urea groups is 1. The number of benzene rings is 3. The SMILES string of the molecule is CC(=O)CN1CCN(CC(=O)O)CCN(CC(=O)O)CCN(CC(=O)NCC2CCC(C(=O)N[C@@H](Cc3c4ccccc4cc4ccccc34)C(=O)NCC(=O)NC[C@H](NC(=O)N[C@@H](CSCC(=O)O)C(=O)O)C(=O)O)CC2)CC1. The molecular formula is C53H72N10O16S. The third-order valence-corrected chi connectivity index (χ3v) is 14.9. The molecular weight excluding hydrogens is 1060 g/mol. The average molecular weight is 1140 g/mol. The Hall–Kier alpha value is -7.46. The van der Waals surface area contributed by atoms with Crippen molar-refractivity contribution < 1.29 is 78.3 Å². The van der Waals surface area contributed by atoms with E-state index in [4.69, 9.17) is 5.11 Å². The van der Waals surface area contributed by atoms with Gasteiger partial charge < -0.3 is 57.4 Å². The maximum atomic E-state index is 14.2. The number of hydrogen-bond donors (Lipinski definition) is 11. The zero-order chi connectivity index (χ0) is 58.3. The first-order chi connectivity index (χ1) is 38.1. The monoisotopic (exact) mass is 1140 g/mol. The third-order valence-electron chi connectivity index (χ3n) is 13.8. The van der Waals surface area contributed by atoms with Crippen LogP contribution in [-0.2, 0) is 54.4 Å². The number of thioether (sulfide) groups is 1. The molecule has 0 unspecified atom stereocenters. The highest BCUT2D eigenvalue weighted by molar-refractivity contribution is 8.00. The Labute approximate surface area is 465 Å². The minimum absolute atomic E-state index is 0.00344. The number of rotatable bonds is 27. The minimum Gasteiger partial charge on any atom is -0.481 e. The van der Waals surface area contributed by atoms with Crippen LogP contribution in [-0.4, -0.2) is 238 Å². The van der Waals surface area contributed by atoms with Gasteiger partial charge in [0, 0.05) is 83.5 Å². The maximum absolute atomic E-state index is 14.2. The van der Waals surface area contributed by atoms with Gasteiger partial charge in [-0.2, -0.15) is 0 Å². The van der Waals surface area contributed by atoms with E-state index in [9.17, 15) is 73.2 Å². The van der Waals surface area contributed by atoms with Crippen molar-refractivity contribution in [1.29, 1.82) is 0 Å². The first kappa shape index (κ1) is 63.4. The van der Waals surface area contributed by atoms with E-state index in [0.29, 0.717) is 78.0 Å². The number of carboxylic acid groups (broad SMARTS) is 5. The second kappa shape index (κ2) is 32.0. The van der Waals surface area contributed by atoms with Crippen molar-refractivity contribution in [2.75, 3.05) is 110 Å². The molecule has 11 N–H and O–H groups in total. The summed E-state index contributed by atoms with van der Waals surface area (Å²) in [5, 5.41) is 65.5. The van der Waals surface area contributed by atoms with E-state index >= 15 is 0 Å². The predicted molar refractivity (Wildman–Crippen MR) is 293 cm³/mol. The Kier molecular flexibility index (Phi) is 25.3. The fourth-order valence-corrected chi connectivity index (χ4v) is 10.4. The highest BCUT2D eigenvalue weighted by atomic mass is 32.2. The number of amides is 6. The maximum Gasteiger partial charge on any atom is 0.328 e. The fraction of sp³-hybridized carbons (Fsp3) is 0.528. The summed E-state index contributed by atoms with van der Waals surface area (Å²) in [5.74, 6) is -9.85. The summed E-state index contributed by atoms with van der Waals surface area (Å²) in [7, 11) is 0. The molecule has 6 amide bonds. The van der Waals surface area contributed by atoms with Crippen molar-refractivity contribution in [2.24, 2.45) is 11.8 Å². The van der Waals surface area contributed by atoms with Gasteiger partial charge in [-0.15, -0.1) is 11.8 Å². The molecule has 1 saturated heterocycles. The number of aliphatic carboxylic acids is 5. The quantitative estimate of drug-likeness (QED) is 0.0415. The first-order valence-corrected chi connectivity index (χ1v) is 27.4. The lowest BCUT2D eigenvalue weighted by molar-refractivity contribution is -0.140. The molecule has 0 spiro atoms. The zero-order valence-corrected chi connectivity index (χ0v) is 45.4. The van der Waals surface area contributed by atoms with Crippen molar-refractivity contribution >= 4 is 98.6 Å². The number of ketones is 1. The lowest BCUT2D eigenvalue weighted by Crippen LogP contribution is -2.56. The van der Waals surface area contributed by atoms with Gasteiger partial charge in [-0.25, -0.2) is 14.4 Å². The van der Waals surface area contributed by atoms with Crippen molar-refractivity contribution in [2.45, 2.75) is 57.2 Å². The standard InChI is InChI=1S/C53H72N10O16S/c1-33(64)27-60-14-16-61(17-19-63(30-47(69)70)21-20-62(18-15-60)29-46(67)68)28-45(66)54-24-34-10-12-35(13-11-34)49(73)57-41(23-40-38-8-4-2-6-36(38)22-37-7-3-5-9-39(37)40)50(74)56-26-44(65)55-25-42(51(75)76)58-53(79)59-43(52(77)78)31-80-32-48(71)72/h2-9,22,34-35,41-43H,10-21,23-32H2,1H3,(H,54,66)(H,55,65)(H,56,74)(H,57,73)(H,67,68)(H,69,70)(H,71,72)(H,75,76)(H,77,78)(H2,58,59,79)/t34?,35?,41-,42-,43-/m0/s1. The summed E-state index contributed by atoms with van der Waals surface area (Å²) >= 11 is 0.719. The molecule has 80 heavy (non-hydrogen) atoms. The van der Waals surface area contributed by atoms with Crippen LogP contribution in [0.4, 0.5) is 4.79 Å². The lowest BCUT2D eigenvalue weighted by atomic mass is 9.81. The molecule has 1 aliphatic heterocycles. The molecule has 1 aliphatic carbocycles. The molecule has 2 aliphatic rings. The van der Waals surface area contributed by atoms with Gasteiger partial charge in [0.25, 0.3) is 0 Å². The second-order valence-electron chi connectivity index (χ2n) is 20.0. The molecule has 3 aromatic carbocycles. The highest BCUT2D eigenvalue weighted by Gasteiger charge is 2.32. The minimum atomic E-state index is -1.75. The molecule has 0 bridgehead atoms. The number of fused-ring (bicyclic) bond motifs is 2. The van der Waals surface area contributed by atoms with Crippen LogP contribution in [0.5, 0.6) is 0 Å². The molecule has 3 atom stereocenters. The van der Waals surface area contributed by atoms with Gasteiger partial charge in [0.2, 0.25) is 23.6 Å². The Morgan fingerprint density at radius 2 is 1.06 bits per heavy atom. The molecule has 3 aromatic rings. The summed E-state index contributed by atoms with van der Waals surface area (Å²) in [5.41, 5.74) is 0.769. The molecule has 1 saturated carbocycles. The largest absolute Gasteiger partial charge is 0.481 e. The van der Waals surface area contributed by atoms with Crippen molar-refractivity contribution in [3.8, 4) is 0 Å². The smallest absolute Gasteiger partial charge is 0.328 e. The first-order valence-electron chi connectivity index (χ1n) is 26.3. The summed E-state index contributed by atoms with van der Waals surface area (Å²) < 4.78 is 0. The summed E-state index contributed by atoms with van der Waals surface area (Å²) in [6.45, 7) is 2.87. The summed E-state index contributed by atoms with van der Waals surface area (Å²) in [6, 6.07) is 11.5. The molecule has 26 nitrogen and oxygen atoms in total. The number of carbonyl (C=O) groups excluding carboxylic acids is 6. The van der Waals surface area contributed by atoms with Gasteiger partial charge in [0.1, 0.15) is 23.9 Å². The summed E-state index contributed by atoms with van der Waals surface area (Å²) in [6.07, 6.45) is 2.06. The third kappa shape index (κ3) is 21.6. The van der Waals surface area contributed by atoms with E-state index < -0.39 is 90.6 Å². The van der Waals surface area contributed by atoms with Crippen molar-refractivity contribution in [1.82, 2.24) is 51.5 Å². The molecule has 27 heteroatoms. The van der Waals surface area contributed by atoms with Crippen molar-refractivity contribution in [3.63, 3.8) is 0 Å². The van der Waals surface area contributed by atoms with Gasteiger partial charge in [0.05, 0.1) is 38.5 Å². The Morgan fingerprint density at radius 1 is 0.562 bits per heavy atom. The van der Waals surface area contributed by atoms with Crippen LogP contribution in [0, 0.1) is 11.8 Å². The van der Waals surface area contributed by atoms with Gasteiger partial charge in [-0.1, -0.05) is 48.5 Å². The highest BCUT2D eigenvalue weighted by Crippen LogP contribution is 2.31. The van der Waals surface area contributed by atoms with Crippen LogP contribution >= 0.6 is 11.8 Å². The van der Waals surface area contributed by atoms with E-state index in [1.54, 1.807) is 9.80 Å². The second-order valence-corrected chi connectivity index (χ2v) is 21.0. The van der Waals surface area contributed by atoms with Crippen LogP contribution in [0.25, 0.3) is 21.5 Å². The molecule has 1 heterocycles.